The van der Waals surface area contributed by atoms with Crippen molar-refractivity contribution in [2.24, 2.45) is 5.50 Å². The fourth-order valence-corrected chi connectivity index (χ4v) is 0.554. The van der Waals surface area contributed by atoms with Crippen LogP contribution in [0.25, 0.3) is 0 Å². The molecule has 0 saturated heterocycles. The summed E-state index contributed by atoms with van der Waals surface area (Å²) in [5.41, 5.74) is 4.88. The fourth-order valence-electron chi connectivity index (χ4n) is 0.185. The Morgan fingerprint density at radius 1 is 1.86 bits per heavy atom. The molecule has 0 aliphatic heterocycles. The van der Waals surface area contributed by atoms with Crippen LogP contribution in [0.3, 0.4) is 0 Å². The third kappa shape index (κ3) is 6.31. The molecule has 0 saturated carbocycles. The maximum atomic E-state index is 8.30. The van der Waals surface area contributed by atoms with Gasteiger partial charge in [-0.15, -0.1) is 0 Å². The van der Waals surface area contributed by atoms with E-state index in [9.17, 15) is 0 Å². The molecule has 0 aromatic rings. The van der Waals surface area contributed by atoms with Crippen molar-refractivity contribution in [1.29, 1.82) is 0 Å². The number of hydrogen-bond donors (Lipinski definition) is 2. The van der Waals surface area contributed by atoms with Crippen LogP contribution in [0.15, 0.2) is 0 Å². The second-order valence-electron chi connectivity index (χ2n) is 1.14. The van der Waals surface area contributed by atoms with Crippen LogP contribution in [0, 0.1) is 0 Å². The van der Waals surface area contributed by atoms with E-state index in [0.717, 1.165) is 6.42 Å². The van der Waals surface area contributed by atoms with Crippen LogP contribution in [-0.4, -0.2) is 11.5 Å². The Kier molecular flexibility index (Phi) is 4.67. The Bertz CT molecular complexity index is 41.9. The van der Waals surface area contributed by atoms with Crippen LogP contribution in [0.1, 0.15) is 13.3 Å². The highest BCUT2D eigenvalue weighted by Crippen LogP contribution is 2.18. The van der Waals surface area contributed by atoms with Crippen molar-refractivity contribution >= 4 is 8.53 Å². The van der Waals surface area contributed by atoms with Gasteiger partial charge >= 0.3 is 0 Å². The Hall–Kier alpha value is 0.310. The Morgan fingerprint density at radius 2 is 2.43 bits per heavy atom. The third-order valence-corrected chi connectivity index (χ3v) is 0.875. The van der Waals surface area contributed by atoms with Crippen LogP contribution in [0.2, 0.25) is 0 Å². The minimum Gasteiger partial charge on any atom is -0.338 e. The normalized spacial score (nSPS) is 14.1. The molecule has 0 aliphatic carbocycles. The SMILES string of the molecule is CCCOP(N)O. The van der Waals surface area contributed by atoms with Crippen molar-refractivity contribution < 1.29 is 9.42 Å². The maximum absolute atomic E-state index is 8.30. The zero-order valence-corrected chi connectivity index (χ0v) is 5.19. The first-order valence-electron chi connectivity index (χ1n) is 2.14. The first-order valence-corrected chi connectivity index (χ1v) is 3.42. The molecule has 1 atom stereocenters. The van der Waals surface area contributed by atoms with Gasteiger partial charge in [0.05, 0.1) is 6.61 Å². The maximum Gasteiger partial charge on any atom is 0.250 e. The molecular formula is C3H10NO2P. The summed E-state index contributed by atoms with van der Waals surface area (Å²) in [6.45, 7) is 2.51. The van der Waals surface area contributed by atoms with E-state index in [0.29, 0.717) is 6.61 Å². The molecule has 4 heteroatoms. The van der Waals surface area contributed by atoms with Gasteiger partial charge in [-0.05, 0) is 6.42 Å². The van der Waals surface area contributed by atoms with Gasteiger partial charge in [0, 0.05) is 0 Å². The number of rotatable bonds is 3. The largest absolute Gasteiger partial charge is 0.338 e. The van der Waals surface area contributed by atoms with Gasteiger partial charge in [0.25, 0.3) is 0 Å². The zero-order chi connectivity index (χ0) is 5.70. The van der Waals surface area contributed by atoms with E-state index in [1.807, 2.05) is 6.92 Å². The quantitative estimate of drug-likeness (QED) is 0.540. The lowest BCUT2D eigenvalue weighted by Gasteiger charge is -2.00. The second kappa shape index (κ2) is 4.47. The van der Waals surface area contributed by atoms with Gasteiger partial charge in [-0.2, -0.15) is 0 Å². The lowest BCUT2D eigenvalue weighted by molar-refractivity contribution is 0.310. The number of hydrogen-bond acceptors (Lipinski definition) is 3. The summed E-state index contributed by atoms with van der Waals surface area (Å²) in [5, 5.41) is 0. The molecule has 3 nitrogen and oxygen atoms in total. The highest BCUT2D eigenvalue weighted by atomic mass is 31.2. The van der Waals surface area contributed by atoms with Crippen molar-refractivity contribution in [1.82, 2.24) is 0 Å². The van der Waals surface area contributed by atoms with Gasteiger partial charge < -0.3 is 9.42 Å². The van der Waals surface area contributed by atoms with E-state index in [-0.39, 0.29) is 0 Å². The topological polar surface area (TPSA) is 55.5 Å². The van der Waals surface area contributed by atoms with Crippen LogP contribution >= 0.6 is 8.53 Å². The molecule has 3 N–H and O–H groups in total. The molecule has 0 heterocycles. The summed E-state index contributed by atoms with van der Waals surface area (Å²) >= 11 is 0. The minimum absolute atomic E-state index is 0.554. The molecule has 1 unspecified atom stereocenters. The predicted octanol–water partition coefficient (Wildman–Crippen LogP) is 0.591. The molecule has 0 rings (SSSR count). The molecule has 0 aliphatic rings. The Morgan fingerprint density at radius 3 is 2.57 bits per heavy atom. The molecule has 7 heavy (non-hydrogen) atoms. The van der Waals surface area contributed by atoms with E-state index < -0.39 is 8.53 Å². The van der Waals surface area contributed by atoms with Crippen LogP contribution in [0.5, 0.6) is 0 Å². The first kappa shape index (κ1) is 7.31. The summed E-state index contributed by atoms with van der Waals surface area (Å²) in [6, 6.07) is 0. The Balaban J connectivity index is 2.68. The lowest BCUT2D eigenvalue weighted by Crippen LogP contribution is -1.92. The lowest BCUT2D eigenvalue weighted by atomic mass is 10.5. The van der Waals surface area contributed by atoms with Gasteiger partial charge in [0.2, 0.25) is 8.53 Å². The van der Waals surface area contributed by atoms with Gasteiger partial charge in [-0.25, -0.2) is 0 Å². The van der Waals surface area contributed by atoms with Crippen LogP contribution in [-0.2, 0) is 4.52 Å². The second-order valence-corrected chi connectivity index (χ2v) is 2.00. The zero-order valence-electron chi connectivity index (χ0n) is 4.29. The molecule has 44 valence electrons. The molecular weight excluding hydrogens is 113 g/mol. The summed E-state index contributed by atoms with van der Waals surface area (Å²) in [4.78, 5) is 8.30. The molecule has 0 amide bonds. The van der Waals surface area contributed by atoms with Gasteiger partial charge in [-0.1, -0.05) is 6.92 Å². The summed E-state index contributed by atoms with van der Waals surface area (Å²) in [7, 11) is -1.61. The number of nitrogens with two attached hydrogens (primary N) is 1. The van der Waals surface area contributed by atoms with Gasteiger partial charge in [0.15, 0.2) is 0 Å². The highest BCUT2D eigenvalue weighted by molar-refractivity contribution is 7.43. The predicted molar refractivity (Wildman–Crippen MR) is 29.6 cm³/mol. The summed E-state index contributed by atoms with van der Waals surface area (Å²) in [6.07, 6.45) is 0.899. The fraction of sp³-hybridized carbons (Fsp3) is 1.00. The van der Waals surface area contributed by atoms with Gasteiger partial charge in [0.1, 0.15) is 0 Å². The van der Waals surface area contributed by atoms with Crippen molar-refractivity contribution in [3.63, 3.8) is 0 Å². The highest BCUT2D eigenvalue weighted by Gasteiger charge is 1.90. The summed E-state index contributed by atoms with van der Waals surface area (Å²) < 4.78 is 4.59. The average Bonchev–Trinajstić information content (AvgIpc) is 1.61. The minimum atomic E-state index is -1.61. The van der Waals surface area contributed by atoms with E-state index >= 15 is 0 Å². The standard InChI is InChI=1S/C3H10NO2P/c1-2-3-6-7(4)5/h5H,2-4H2,1H3. The third-order valence-electron chi connectivity index (χ3n) is 0.428. The van der Waals surface area contributed by atoms with Crippen molar-refractivity contribution in [3.8, 4) is 0 Å². The average molecular weight is 123 g/mol. The van der Waals surface area contributed by atoms with E-state index in [1.54, 1.807) is 0 Å². The first-order chi connectivity index (χ1) is 3.27. The molecule has 0 bridgehead atoms. The van der Waals surface area contributed by atoms with Crippen LogP contribution in [0.4, 0.5) is 0 Å². The van der Waals surface area contributed by atoms with E-state index in [1.165, 1.54) is 0 Å². The van der Waals surface area contributed by atoms with Crippen molar-refractivity contribution in [3.05, 3.63) is 0 Å². The van der Waals surface area contributed by atoms with Crippen molar-refractivity contribution in [2.75, 3.05) is 6.61 Å². The van der Waals surface area contributed by atoms with Crippen LogP contribution < -0.4 is 5.50 Å². The van der Waals surface area contributed by atoms with E-state index in [4.69, 9.17) is 10.4 Å². The Labute approximate surface area is 44.4 Å². The summed E-state index contributed by atoms with van der Waals surface area (Å²) in [5.74, 6) is 0. The molecule has 0 fully saturated rings. The molecule has 0 radical (unpaired) electrons. The monoisotopic (exact) mass is 123 g/mol. The van der Waals surface area contributed by atoms with Crippen molar-refractivity contribution in [2.45, 2.75) is 13.3 Å². The smallest absolute Gasteiger partial charge is 0.250 e. The molecule has 0 aromatic heterocycles. The molecule has 0 aromatic carbocycles. The van der Waals surface area contributed by atoms with Gasteiger partial charge in [-0.3, -0.25) is 5.50 Å². The van der Waals surface area contributed by atoms with E-state index in [2.05, 4.69) is 4.52 Å². The molecule has 0 spiro atoms.